The fourth-order valence-electron chi connectivity index (χ4n) is 2.33. The maximum absolute atomic E-state index is 13.0. The van der Waals surface area contributed by atoms with Crippen LogP contribution in [-0.2, 0) is 12.7 Å². The molecule has 1 N–H and O–H groups in total. The van der Waals surface area contributed by atoms with E-state index in [1.165, 1.54) is 16.6 Å². The fourth-order valence-corrected chi connectivity index (χ4v) is 2.33. The van der Waals surface area contributed by atoms with Gasteiger partial charge in [0.15, 0.2) is 11.5 Å². The molecule has 136 valence electrons. The summed E-state index contributed by atoms with van der Waals surface area (Å²) in [6.45, 7) is 2.08. The molecule has 1 aromatic carbocycles. The third-order valence-corrected chi connectivity index (χ3v) is 3.48. The van der Waals surface area contributed by atoms with E-state index >= 15 is 0 Å². The van der Waals surface area contributed by atoms with Crippen molar-refractivity contribution in [3.05, 3.63) is 53.3 Å². The molecular weight excluding hydrogens is 351 g/mol. The van der Waals surface area contributed by atoms with Crippen LogP contribution < -0.4 is 10.1 Å². The molecule has 0 aliphatic carbocycles. The molecule has 3 aromatic rings. The number of amides is 1. The Morgan fingerprint density at radius 1 is 1.19 bits per heavy atom. The van der Waals surface area contributed by atoms with E-state index < -0.39 is 23.2 Å². The van der Waals surface area contributed by atoms with E-state index in [0.717, 1.165) is 12.1 Å². The summed E-state index contributed by atoms with van der Waals surface area (Å²) in [5, 5.41) is 14.4. The van der Waals surface area contributed by atoms with Crippen molar-refractivity contribution in [3.63, 3.8) is 0 Å². The Balaban J connectivity index is 1.80. The van der Waals surface area contributed by atoms with Crippen molar-refractivity contribution in [1.29, 1.82) is 0 Å². The number of benzene rings is 1. The fraction of sp³-hybridized carbons (Fsp3) is 0.250. The minimum Gasteiger partial charge on any atom is -0.477 e. The highest BCUT2D eigenvalue weighted by molar-refractivity contribution is 5.95. The molecule has 26 heavy (non-hydrogen) atoms. The summed E-state index contributed by atoms with van der Waals surface area (Å²) in [5.41, 5.74) is -1.04. The number of alkyl halides is 3. The minimum atomic E-state index is -4.62. The molecule has 0 aliphatic rings. The highest BCUT2D eigenvalue weighted by Crippen LogP contribution is 2.31. The molecule has 2 aromatic heterocycles. The molecule has 0 unspecified atom stereocenters. The number of aromatic nitrogens is 4. The zero-order chi connectivity index (χ0) is 18.7. The number of ether oxygens (including phenoxy) is 1. The van der Waals surface area contributed by atoms with Crippen LogP contribution >= 0.6 is 0 Å². The molecule has 0 bridgehead atoms. The van der Waals surface area contributed by atoms with Crippen LogP contribution in [0, 0.1) is 0 Å². The Bertz CT molecular complexity index is 939. The number of halogens is 3. The Kier molecular flexibility index (Phi) is 4.74. The number of nitrogens with zero attached hydrogens (tertiary/aromatic N) is 4. The van der Waals surface area contributed by atoms with E-state index in [2.05, 4.69) is 20.6 Å². The Labute approximate surface area is 145 Å². The van der Waals surface area contributed by atoms with Gasteiger partial charge in [0.1, 0.15) is 0 Å². The third-order valence-electron chi connectivity index (χ3n) is 3.48. The Morgan fingerprint density at radius 2 is 1.96 bits per heavy atom. The zero-order valence-corrected chi connectivity index (χ0v) is 13.6. The van der Waals surface area contributed by atoms with Crippen molar-refractivity contribution in [1.82, 2.24) is 25.1 Å². The molecule has 7 nitrogen and oxygen atoms in total. The van der Waals surface area contributed by atoms with E-state index in [9.17, 15) is 18.0 Å². The van der Waals surface area contributed by atoms with Crippen molar-refractivity contribution < 1.29 is 22.7 Å². The second-order valence-electron chi connectivity index (χ2n) is 5.22. The lowest BCUT2D eigenvalue weighted by Gasteiger charge is -2.12. The maximum Gasteiger partial charge on any atom is 0.417 e. The molecule has 0 radical (unpaired) electrons. The van der Waals surface area contributed by atoms with Gasteiger partial charge in [-0.15, -0.1) is 15.3 Å². The molecule has 0 saturated heterocycles. The summed E-state index contributed by atoms with van der Waals surface area (Å²) < 4.78 is 45.7. The van der Waals surface area contributed by atoms with Gasteiger partial charge in [0.25, 0.3) is 5.91 Å². The first-order valence-electron chi connectivity index (χ1n) is 7.68. The number of hydrogen-bond acceptors (Lipinski definition) is 5. The van der Waals surface area contributed by atoms with Crippen molar-refractivity contribution >= 4 is 11.6 Å². The lowest BCUT2D eigenvalue weighted by atomic mass is 10.1. The van der Waals surface area contributed by atoms with Gasteiger partial charge >= 0.3 is 6.18 Å². The first-order chi connectivity index (χ1) is 12.4. The van der Waals surface area contributed by atoms with Gasteiger partial charge in [-0.3, -0.25) is 4.79 Å². The van der Waals surface area contributed by atoms with E-state index in [1.807, 2.05) is 0 Å². The van der Waals surface area contributed by atoms with Crippen LogP contribution in [0.1, 0.15) is 28.7 Å². The average molecular weight is 365 g/mol. The summed E-state index contributed by atoms with van der Waals surface area (Å²) in [6, 6.07) is 7.82. The highest BCUT2D eigenvalue weighted by atomic mass is 19.4. The van der Waals surface area contributed by atoms with Crippen molar-refractivity contribution in [2.75, 3.05) is 6.61 Å². The second-order valence-corrected chi connectivity index (χ2v) is 5.22. The van der Waals surface area contributed by atoms with Crippen molar-refractivity contribution in [2.45, 2.75) is 19.6 Å². The van der Waals surface area contributed by atoms with Crippen LogP contribution in [0.5, 0.6) is 5.88 Å². The summed E-state index contributed by atoms with van der Waals surface area (Å²) in [6.07, 6.45) is -4.62. The number of nitrogens with one attached hydrogen (secondary N) is 1. The van der Waals surface area contributed by atoms with Gasteiger partial charge in [0, 0.05) is 6.07 Å². The number of hydrogen-bond donors (Lipinski definition) is 1. The molecule has 0 atom stereocenters. The smallest absolute Gasteiger partial charge is 0.417 e. The molecule has 0 saturated carbocycles. The summed E-state index contributed by atoms with van der Waals surface area (Å²) in [4.78, 5) is 12.2. The number of carbonyl (C=O) groups is 1. The molecule has 3 rings (SSSR count). The van der Waals surface area contributed by atoms with Gasteiger partial charge in [-0.1, -0.05) is 12.1 Å². The number of carbonyl (C=O) groups excluding carboxylic acids is 1. The summed E-state index contributed by atoms with van der Waals surface area (Å²) >= 11 is 0. The quantitative estimate of drug-likeness (QED) is 0.751. The van der Waals surface area contributed by atoms with Crippen LogP contribution in [0.4, 0.5) is 13.2 Å². The van der Waals surface area contributed by atoms with Gasteiger partial charge in [-0.25, -0.2) is 0 Å². The Morgan fingerprint density at radius 3 is 2.69 bits per heavy atom. The molecule has 0 fully saturated rings. The van der Waals surface area contributed by atoms with Crippen LogP contribution in [0.25, 0.3) is 5.65 Å². The Hall–Kier alpha value is -3.17. The van der Waals surface area contributed by atoms with Crippen LogP contribution in [0.3, 0.4) is 0 Å². The van der Waals surface area contributed by atoms with E-state index in [1.54, 1.807) is 19.1 Å². The first kappa shape index (κ1) is 17.6. The van der Waals surface area contributed by atoms with Gasteiger partial charge in [0.2, 0.25) is 5.88 Å². The molecular formula is C16H14F3N5O2. The second kappa shape index (κ2) is 6.98. The topological polar surface area (TPSA) is 81.4 Å². The predicted octanol–water partition coefficient (Wildman–Crippen LogP) is 2.47. The van der Waals surface area contributed by atoms with Gasteiger partial charge in [-0.05, 0) is 25.1 Å². The normalized spacial score (nSPS) is 11.5. The minimum absolute atomic E-state index is 0.144. The monoisotopic (exact) mass is 365 g/mol. The standard InChI is InChI=1S/C16H14F3N5O2/c1-2-26-14-8-7-12-21-22-13(24(12)23-14)9-20-15(25)10-5-3-4-6-11(10)16(17,18)19/h3-8H,2,9H2,1H3,(H,20,25). The summed E-state index contributed by atoms with van der Waals surface area (Å²) in [5.74, 6) is -0.259. The third kappa shape index (κ3) is 3.58. The maximum atomic E-state index is 13.0. The van der Waals surface area contributed by atoms with E-state index in [-0.39, 0.29) is 12.4 Å². The predicted molar refractivity (Wildman–Crippen MR) is 84.6 cm³/mol. The van der Waals surface area contributed by atoms with Crippen LogP contribution in [0.2, 0.25) is 0 Å². The van der Waals surface area contributed by atoms with E-state index in [4.69, 9.17) is 4.74 Å². The molecule has 0 aliphatic heterocycles. The first-order valence-corrected chi connectivity index (χ1v) is 7.68. The molecule has 2 heterocycles. The van der Waals surface area contributed by atoms with Gasteiger partial charge in [0.05, 0.1) is 24.3 Å². The van der Waals surface area contributed by atoms with Gasteiger partial charge in [-0.2, -0.15) is 17.7 Å². The zero-order valence-electron chi connectivity index (χ0n) is 13.6. The van der Waals surface area contributed by atoms with Crippen LogP contribution in [-0.4, -0.2) is 32.3 Å². The van der Waals surface area contributed by atoms with Crippen molar-refractivity contribution in [2.24, 2.45) is 0 Å². The van der Waals surface area contributed by atoms with Crippen LogP contribution in [0.15, 0.2) is 36.4 Å². The molecule has 10 heteroatoms. The largest absolute Gasteiger partial charge is 0.477 e. The lowest BCUT2D eigenvalue weighted by Crippen LogP contribution is -2.27. The van der Waals surface area contributed by atoms with Gasteiger partial charge < -0.3 is 10.1 Å². The summed E-state index contributed by atoms with van der Waals surface area (Å²) in [7, 11) is 0. The molecule has 1 amide bonds. The average Bonchev–Trinajstić information content (AvgIpc) is 3.01. The highest BCUT2D eigenvalue weighted by Gasteiger charge is 2.34. The van der Waals surface area contributed by atoms with Crippen molar-refractivity contribution in [3.8, 4) is 5.88 Å². The number of fused-ring (bicyclic) bond motifs is 1. The lowest BCUT2D eigenvalue weighted by molar-refractivity contribution is -0.137. The van der Waals surface area contributed by atoms with E-state index in [0.29, 0.717) is 18.1 Å². The number of rotatable bonds is 5. The SMILES string of the molecule is CCOc1ccc2nnc(CNC(=O)c3ccccc3C(F)(F)F)n2n1. The molecule has 0 spiro atoms.